The average molecular weight is 595 g/mol. The Balaban J connectivity index is 1.51. The predicted octanol–water partition coefficient (Wildman–Crippen LogP) is 10.5. The molecule has 4 heteroatoms. The lowest BCUT2D eigenvalue weighted by Gasteiger charge is -2.36. The Bertz CT molecular complexity index is 2380. The second-order valence-electron chi connectivity index (χ2n) is 12.5. The minimum Gasteiger partial charge on any atom is -0.278 e. The van der Waals surface area contributed by atoms with Crippen molar-refractivity contribution >= 4 is 43.7 Å². The molecule has 2 aromatic heterocycles. The topological polar surface area (TPSA) is 43.6 Å². The van der Waals surface area contributed by atoms with Crippen molar-refractivity contribution in [2.75, 3.05) is 0 Å². The Morgan fingerprint density at radius 3 is 2.52 bits per heavy atom. The summed E-state index contributed by atoms with van der Waals surface area (Å²) in [7, 11) is 0. The van der Waals surface area contributed by atoms with Gasteiger partial charge in [-0.05, 0) is 64.1 Å². The third kappa shape index (κ3) is 4.25. The number of hydrogen-bond acceptors (Lipinski definition) is 3. The van der Waals surface area contributed by atoms with E-state index >= 15 is 0 Å². The van der Waals surface area contributed by atoms with Gasteiger partial charge in [0.25, 0.3) is 0 Å². The Morgan fingerprint density at radius 2 is 1.67 bits per heavy atom. The van der Waals surface area contributed by atoms with E-state index < -0.39 is 0 Å². The maximum Gasteiger partial charge on any atom is 0.238 e. The normalized spacial score (nSPS) is 15.7. The van der Waals surface area contributed by atoms with Crippen molar-refractivity contribution in [3.8, 4) is 17.3 Å². The first-order chi connectivity index (χ1) is 22.5. The lowest BCUT2D eigenvalue weighted by Crippen LogP contribution is -2.25. The summed E-state index contributed by atoms with van der Waals surface area (Å²) < 4.78 is 2.23. The van der Waals surface area contributed by atoms with Gasteiger partial charge in [0.15, 0.2) is 11.6 Å². The maximum absolute atomic E-state index is 5.16. The summed E-state index contributed by atoms with van der Waals surface area (Å²) in [5.74, 6) is 1.87. The molecule has 2 aliphatic rings. The average Bonchev–Trinajstić information content (AvgIpc) is 3.21. The summed E-state index contributed by atoms with van der Waals surface area (Å²) >= 11 is 0. The molecule has 0 aliphatic heterocycles. The SMILES string of the molecule is C=C/C=C\C=C(/C)c1nc(-c2ccccc2)nc(-n2c3ccccc3c3c4c5c(cccc5cc32)C(C)(C)C2=C4C=CC=CC2)n1. The van der Waals surface area contributed by atoms with Gasteiger partial charge in [-0.3, -0.25) is 4.57 Å². The molecule has 0 fully saturated rings. The molecule has 0 bridgehead atoms. The van der Waals surface area contributed by atoms with Crippen LogP contribution in [0.4, 0.5) is 0 Å². The van der Waals surface area contributed by atoms with E-state index in [1.165, 1.54) is 43.8 Å². The van der Waals surface area contributed by atoms with Crippen LogP contribution in [0.25, 0.3) is 61.1 Å². The van der Waals surface area contributed by atoms with Crippen molar-refractivity contribution in [3.05, 3.63) is 157 Å². The summed E-state index contributed by atoms with van der Waals surface area (Å²) in [5, 5.41) is 4.97. The van der Waals surface area contributed by atoms with Gasteiger partial charge in [-0.15, -0.1) is 0 Å². The summed E-state index contributed by atoms with van der Waals surface area (Å²) in [4.78, 5) is 15.2. The second kappa shape index (κ2) is 10.8. The van der Waals surface area contributed by atoms with Gasteiger partial charge in [-0.25, -0.2) is 4.98 Å². The van der Waals surface area contributed by atoms with Crippen LogP contribution in [0.2, 0.25) is 0 Å². The first kappa shape index (κ1) is 27.9. The van der Waals surface area contributed by atoms with E-state index in [0.29, 0.717) is 17.6 Å². The van der Waals surface area contributed by atoms with Crippen LogP contribution in [-0.4, -0.2) is 19.5 Å². The van der Waals surface area contributed by atoms with Crippen molar-refractivity contribution in [1.29, 1.82) is 0 Å². The lowest BCUT2D eigenvalue weighted by molar-refractivity contribution is 0.615. The van der Waals surface area contributed by atoms with Crippen LogP contribution in [0.15, 0.2) is 140 Å². The lowest BCUT2D eigenvalue weighted by atomic mass is 9.67. The van der Waals surface area contributed by atoms with Gasteiger partial charge in [-0.1, -0.05) is 136 Å². The van der Waals surface area contributed by atoms with Gasteiger partial charge < -0.3 is 0 Å². The molecule has 0 N–H and O–H groups in total. The standard InChI is InChI=1S/C42H34N4/c1-5-6-9-17-27(2)39-43-40(28-18-10-7-11-19-28)45-41(44-39)46-34-25-15-14-22-31(34)37-35(46)26-29-20-16-24-33-36(29)38(37)30-21-12-8-13-23-32(30)42(33,3)4/h5-22,24-26H,1,23H2,2-4H3/b9-6-,27-17+. The molecule has 0 amide bonds. The molecule has 2 heterocycles. The van der Waals surface area contributed by atoms with Gasteiger partial charge >= 0.3 is 0 Å². The Kier molecular flexibility index (Phi) is 6.54. The molecule has 6 aromatic rings. The fourth-order valence-electron chi connectivity index (χ4n) is 7.23. The number of para-hydroxylation sites is 1. The van der Waals surface area contributed by atoms with Gasteiger partial charge in [-0.2, -0.15) is 9.97 Å². The van der Waals surface area contributed by atoms with Crippen LogP contribution in [0.3, 0.4) is 0 Å². The quantitative estimate of drug-likeness (QED) is 0.187. The zero-order valence-electron chi connectivity index (χ0n) is 26.3. The number of nitrogens with zero attached hydrogens (tertiary/aromatic N) is 4. The summed E-state index contributed by atoms with van der Waals surface area (Å²) in [6.07, 6.45) is 17.5. The van der Waals surface area contributed by atoms with Crippen molar-refractivity contribution in [2.24, 2.45) is 0 Å². The van der Waals surface area contributed by atoms with Gasteiger partial charge in [0.2, 0.25) is 5.95 Å². The molecule has 0 saturated carbocycles. The monoisotopic (exact) mass is 594 g/mol. The number of allylic oxidation sites excluding steroid dienone is 11. The minimum absolute atomic E-state index is 0.0927. The van der Waals surface area contributed by atoms with E-state index in [4.69, 9.17) is 15.0 Å². The molecule has 8 rings (SSSR count). The molecule has 0 spiro atoms. The molecule has 2 aliphatic carbocycles. The van der Waals surface area contributed by atoms with Gasteiger partial charge in [0, 0.05) is 21.8 Å². The van der Waals surface area contributed by atoms with Crippen LogP contribution in [-0.2, 0) is 5.41 Å². The third-order valence-corrected chi connectivity index (χ3v) is 9.46. The van der Waals surface area contributed by atoms with E-state index in [1.54, 1.807) is 6.08 Å². The fraction of sp³-hybridized carbons (Fsp3) is 0.119. The highest BCUT2D eigenvalue weighted by molar-refractivity contribution is 6.22. The van der Waals surface area contributed by atoms with E-state index in [9.17, 15) is 0 Å². The first-order valence-corrected chi connectivity index (χ1v) is 15.8. The molecule has 0 unspecified atom stereocenters. The van der Waals surface area contributed by atoms with Crippen molar-refractivity contribution < 1.29 is 0 Å². The van der Waals surface area contributed by atoms with Crippen LogP contribution in [0.5, 0.6) is 0 Å². The number of fused-ring (bicyclic) bond motifs is 5. The predicted molar refractivity (Wildman–Crippen MR) is 193 cm³/mol. The molecular weight excluding hydrogens is 560 g/mol. The largest absolute Gasteiger partial charge is 0.278 e. The van der Waals surface area contributed by atoms with Crippen LogP contribution >= 0.6 is 0 Å². The molecule has 0 saturated heterocycles. The fourth-order valence-corrected chi connectivity index (χ4v) is 7.23. The number of hydrogen-bond donors (Lipinski definition) is 0. The van der Waals surface area contributed by atoms with Crippen LogP contribution in [0.1, 0.15) is 44.1 Å². The van der Waals surface area contributed by atoms with Crippen molar-refractivity contribution in [3.63, 3.8) is 0 Å². The smallest absolute Gasteiger partial charge is 0.238 e. The highest BCUT2D eigenvalue weighted by atomic mass is 15.2. The summed E-state index contributed by atoms with van der Waals surface area (Å²) in [6, 6.07) is 27.9. The van der Waals surface area contributed by atoms with Crippen molar-refractivity contribution in [2.45, 2.75) is 32.6 Å². The molecule has 4 aromatic carbocycles. The second-order valence-corrected chi connectivity index (χ2v) is 12.5. The number of aromatic nitrogens is 4. The zero-order valence-corrected chi connectivity index (χ0v) is 26.3. The van der Waals surface area contributed by atoms with Crippen LogP contribution in [0, 0.1) is 0 Å². The first-order valence-electron chi connectivity index (χ1n) is 15.8. The van der Waals surface area contributed by atoms with Gasteiger partial charge in [0.1, 0.15) is 0 Å². The van der Waals surface area contributed by atoms with E-state index in [1.807, 2.05) is 55.5 Å². The molecule has 0 radical (unpaired) electrons. The molecule has 222 valence electrons. The van der Waals surface area contributed by atoms with E-state index in [0.717, 1.165) is 28.6 Å². The Morgan fingerprint density at radius 1 is 0.848 bits per heavy atom. The highest BCUT2D eigenvalue weighted by Crippen LogP contribution is 2.52. The Hall–Kier alpha value is -5.61. The summed E-state index contributed by atoms with van der Waals surface area (Å²) in [6.45, 7) is 10.6. The third-order valence-electron chi connectivity index (χ3n) is 9.46. The molecule has 46 heavy (non-hydrogen) atoms. The summed E-state index contributed by atoms with van der Waals surface area (Å²) in [5.41, 5.74) is 9.40. The molecular formula is C42H34N4. The van der Waals surface area contributed by atoms with Crippen molar-refractivity contribution in [1.82, 2.24) is 19.5 Å². The van der Waals surface area contributed by atoms with E-state index in [2.05, 4.69) is 97.8 Å². The van der Waals surface area contributed by atoms with E-state index in [-0.39, 0.29) is 5.41 Å². The highest BCUT2D eigenvalue weighted by Gasteiger charge is 2.36. The number of benzene rings is 4. The molecule has 0 atom stereocenters. The van der Waals surface area contributed by atoms with Gasteiger partial charge in [0.05, 0.1) is 11.0 Å². The zero-order chi connectivity index (χ0) is 31.4. The van der Waals surface area contributed by atoms with Crippen LogP contribution < -0.4 is 0 Å². The number of rotatable bonds is 5. The maximum atomic E-state index is 5.16. The Labute approximate surface area is 269 Å². The molecule has 4 nitrogen and oxygen atoms in total. The minimum atomic E-state index is -0.0927.